The third kappa shape index (κ3) is 5.38. The van der Waals surface area contributed by atoms with E-state index in [2.05, 4.69) is 10.6 Å². The Balaban J connectivity index is 1.87. The molecule has 0 aromatic heterocycles. The Morgan fingerprint density at radius 1 is 1.26 bits per heavy atom. The molecule has 0 spiro atoms. The van der Waals surface area contributed by atoms with E-state index < -0.39 is 11.8 Å². The van der Waals surface area contributed by atoms with Gasteiger partial charge in [-0.3, -0.25) is 4.79 Å². The molecule has 1 heterocycles. The van der Waals surface area contributed by atoms with Crippen LogP contribution in [-0.4, -0.2) is 41.7 Å². The average molecular weight is 343 g/mol. The number of hydrogen-bond acceptors (Lipinski definition) is 3. The van der Waals surface area contributed by atoms with Gasteiger partial charge in [-0.25, -0.2) is 4.79 Å². The normalized spacial score (nSPS) is 15.6. The molecule has 2 rings (SSSR count). The van der Waals surface area contributed by atoms with Crippen LogP contribution in [0.5, 0.6) is 0 Å². The summed E-state index contributed by atoms with van der Waals surface area (Å²) in [5.74, 6) is -2.51. The second kappa shape index (κ2) is 8.14. The zero-order valence-electron chi connectivity index (χ0n) is 12.7. The topological polar surface area (TPSA) is 61.4 Å². The van der Waals surface area contributed by atoms with Crippen molar-refractivity contribution in [3.05, 3.63) is 24.3 Å². The number of amides is 3. The predicted molar refractivity (Wildman–Crippen MR) is 85.7 cm³/mol. The first-order chi connectivity index (χ1) is 11.0. The number of hydrogen-bond donors (Lipinski definition) is 2. The SMILES string of the molecule is CC(=O)N1CCC(NC(=O)Nc2ccccc2SC(F)F)CC1. The standard InChI is InChI=1S/C15H19F2N3O2S/c1-10(21)20-8-6-11(7-9-20)18-15(22)19-12-4-2-3-5-13(12)23-14(16)17/h2-5,11,14H,6-9H2,1H3,(H2,18,19,22). The van der Waals surface area contributed by atoms with Gasteiger partial charge in [-0.15, -0.1) is 0 Å². The molecule has 1 aromatic carbocycles. The molecule has 8 heteroatoms. The lowest BCUT2D eigenvalue weighted by molar-refractivity contribution is -0.129. The number of thioether (sulfide) groups is 1. The highest BCUT2D eigenvalue weighted by Gasteiger charge is 2.22. The van der Waals surface area contributed by atoms with Crippen LogP contribution in [0.2, 0.25) is 0 Å². The van der Waals surface area contributed by atoms with E-state index in [0.29, 0.717) is 48.3 Å². The van der Waals surface area contributed by atoms with Crippen LogP contribution in [0.1, 0.15) is 19.8 Å². The first kappa shape index (κ1) is 17.5. The van der Waals surface area contributed by atoms with Gasteiger partial charge in [0.1, 0.15) is 0 Å². The number of halogens is 2. The molecule has 126 valence electrons. The molecule has 1 aliphatic rings. The summed E-state index contributed by atoms with van der Waals surface area (Å²) < 4.78 is 25.0. The highest BCUT2D eigenvalue weighted by molar-refractivity contribution is 7.99. The van der Waals surface area contributed by atoms with Crippen LogP contribution in [0.3, 0.4) is 0 Å². The van der Waals surface area contributed by atoms with Crippen molar-refractivity contribution < 1.29 is 18.4 Å². The second-order valence-corrected chi connectivity index (χ2v) is 6.29. The molecule has 0 aliphatic carbocycles. The molecule has 1 fully saturated rings. The second-order valence-electron chi connectivity index (χ2n) is 5.25. The maximum Gasteiger partial charge on any atom is 0.319 e. The molecule has 2 N–H and O–H groups in total. The molecule has 3 amide bonds. The van der Waals surface area contributed by atoms with Crippen molar-refractivity contribution in [3.8, 4) is 0 Å². The zero-order valence-corrected chi connectivity index (χ0v) is 13.5. The van der Waals surface area contributed by atoms with Crippen LogP contribution >= 0.6 is 11.8 Å². The molecule has 1 aliphatic heterocycles. The van der Waals surface area contributed by atoms with Crippen molar-refractivity contribution >= 4 is 29.4 Å². The van der Waals surface area contributed by atoms with Gasteiger partial charge in [0.05, 0.1) is 5.69 Å². The van der Waals surface area contributed by atoms with Gasteiger partial charge in [0, 0.05) is 31.0 Å². The Morgan fingerprint density at radius 2 is 1.91 bits per heavy atom. The number of piperidine rings is 1. The van der Waals surface area contributed by atoms with Crippen LogP contribution < -0.4 is 10.6 Å². The monoisotopic (exact) mass is 343 g/mol. The van der Waals surface area contributed by atoms with Crippen LogP contribution in [0.25, 0.3) is 0 Å². The molecule has 1 saturated heterocycles. The number of rotatable bonds is 4. The fraction of sp³-hybridized carbons (Fsp3) is 0.467. The molecule has 0 saturated carbocycles. The Kier molecular flexibility index (Phi) is 6.20. The molecule has 0 radical (unpaired) electrons. The highest BCUT2D eigenvalue weighted by atomic mass is 32.2. The Bertz CT molecular complexity index is 563. The smallest absolute Gasteiger partial charge is 0.319 e. The Morgan fingerprint density at radius 3 is 2.52 bits per heavy atom. The molecule has 0 unspecified atom stereocenters. The van der Waals surface area contributed by atoms with Crippen molar-refractivity contribution in [2.45, 2.75) is 36.5 Å². The third-order valence-electron chi connectivity index (χ3n) is 3.63. The highest BCUT2D eigenvalue weighted by Crippen LogP contribution is 2.31. The average Bonchev–Trinajstić information content (AvgIpc) is 2.49. The van der Waals surface area contributed by atoms with E-state index in [4.69, 9.17) is 0 Å². The fourth-order valence-corrected chi connectivity index (χ4v) is 3.05. The van der Waals surface area contributed by atoms with Crippen molar-refractivity contribution in [2.75, 3.05) is 18.4 Å². The van der Waals surface area contributed by atoms with Crippen molar-refractivity contribution in [3.63, 3.8) is 0 Å². The summed E-state index contributed by atoms with van der Waals surface area (Å²) in [5.41, 5.74) is 0.358. The van der Waals surface area contributed by atoms with Crippen LogP contribution in [0.4, 0.5) is 19.3 Å². The number of likely N-dealkylation sites (tertiary alicyclic amines) is 1. The number of carbonyl (C=O) groups is 2. The van der Waals surface area contributed by atoms with Gasteiger partial charge in [0.25, 0.3) is 5.76 Å². The van der Waals surface area contributed by atoms with E-state index in [1.807, 2.05) is 0 Å². The van der Waals surface area contributed by atoms with Gasteiger partial charge in [-0.2, -0.15) is 8.78 Å². The number of nitrogens with zero attached hydrogens (tertiary/aromatic N) is 1. The summed E-state index contributed by atoms with van der Waals surface area (Å²) in [6, 6.07) is 6.00. The molecular formula is C15H19F2N3O2S. The van der Waals surface area contributed by atoms with Crippen LogP contribution in [-0.2, 0) is 4.79 Å². The molecule has 1 aromatic rings. The number of nitrogens with one attached hydrogen (secondary N) is 2. The first-order valence-corrected chi connectivity index (χ1v) is 8.20. The van der Waals surface area contributed by atoms with Crippen LogP contribution in [0, 0.1) is 0 Å². The molecule has 0 atom stereocenters. The molecular weight excluding hydrogens is 324 g/mol. The lowest BCUT2D eigenvalue weighted by Crippen LogP contribution is -2.47. The molecule has 5 nitrogen and oxygen atoms in total. The third-order valence-corrected chi connectivity index (χ3v) is 4.41. The number of anilines is 1. The predicted octanol–water partition coefficient (Wildman–Crippen LogP) is 3.13. The lowest BCUT2D eigenvalue weighted by atomic mass is 10.1. The number of carbonyl (C=O) groups excluding carboxylic acids is 2. The lowest BCUT2D eigenvalue weighted by Gasteiger charge is -2.31. The van der Waals surface area contributed by atoms with Crippen molar-refractivity contribution in [1.82, 2.24) is 10.2 Å². The number of benzene rings is 1. The first-order valence-electron chi connectivity index (χ1n) is 7.32. The van der Waals surface area contributed by atoms with Crippen LogP contribution in [0.15, 0.2) is 29.2 Å². The van der Waals surface area contributed by atoms with E-state index in [1.165, 1.54) is 13.0 Å². The van der Waals surface area contributed by atoms with Gasteiger partial charge < -0.3 is 15.5 Å². The quantitative estimate of drug-likeness (QED) is 0.826. The number of para-hydroxylation sites is 1. The minimum Gasteiger partial charge on any atom is -0.343 e. The van der Waals surface area contributed by atoms with E-state index in [9.17, 15) is 18.4 Å². The maximum absolute atomic E-state index is 12.5. The van der Waals surface area contributed by atoms with Crippen molar-refractivity contribution in [1.29, 1.82) is 0 Å². The van der Waals surface area contributed by atoms with E-state index in [1.54, 1.807) is 23.1 Å². The Hall–Kier alpha value is -1.83. The Labute approximate surface area is 137 Å². The summed E-state index contributed by atoms with van der Waals surface area (Å²) in [7, 11) is 0. The minimum atomic E-state index is -2.54. The minimum absolute atomic E-state index is 0.0273. The zero-order chi connectivity index (χ0) is 16.8. The molecule has 23 heavy (non-hydrogen) atoms. The summed E-state index contributed by atoms with van der Waals surface area (Å²) in [4.78, 5) is 25.4. The van der Waals surface area contributed by atoms with Crippen molar-refractivity contribution in [2.24, 2.45) is 0 Å². The summed E-state index contributed by atoms with van der Waals surface area (Å²) in [6.07, 6.45) is 1.36. The van der Waals surface area contributed by atoms with E-state index in [-0.39, 0.29) is 11.9 Å². The van der Waals surface area contributed by atoms with Gasteiger partial charge in [0.2, 0.25) is 5.91 Å². The van der Waals surface area contributed by atoms with E-state index in [0.717, 1.165) is 0 Å². The fourth-order valence-electron chi connectivity index (χ4n) is 2.45. The van der Waals surface area contributed by atoms with Gasteiger partial charge in [-0.05, 0) is 25.0 Å². The van der Waals surface area contributed by atoms with E-state index >= 15 is 0 Å². The summed E-state index contributed by atoms with van der Waals surface area (Å²) in [6.45, 7) is 2.74. The number of alkyl halides is 2. The van der Waals surface area contributed by atoms with Gasteiger partial charge >= 0.3 is 6.03 Å². The van der Waals surface area contributed by atoms with Gasteiger partial charge in [0.15, 0.2) is 0 Å². The maximum atomic E-state index is 12.5. The summed E-state index contributed by atoms with van der Waals surface area (Å²) >= 11 is 0.397. The van der Waals surface area contributed by atoms with Gasteiger partial charge in [-0.1, -0.05) is 23.9 Å². The summed E-state index contributed by atoms with van der Waals surface area (Å²) in [5, 5.41) is 5.43. The largest absolute Gasteiger partial charge is 0.343 e. The number of urea groups is 1. The molecule has 0 bridgehead atoms.